The van der Waals surface area contributed by atoms with E-state index in [1.54, 1.807) is 0 Å². The normalized spacial score (nSPS) is 10.4. The van der Waals surface area contributed by atoms with E-state index >= 15 is 0 Å². The quantitative estimate of drug-likeness (QED) is 0.814. The number of rotatable bonds is 7. The molecule has 0 saturated carbocycles. The monoisotopic (exact) mass is 349 g/mol. The van der Waals surface area contributed by atoms with E-state index in [1.807, 2.05) is 56.4 Å². The molecule has 4 heteroatoms. The molecular formula is C17H20BrNO2. The standard InChI is InChI=1S/C17H20BrNO2/c1-3-20-16-9-14(11-19-2)15(18)10-17(16)21-12-13-7-5-4-6-8-13/h4-10,19H,3,11-12H2,1-2H3. The third-order valence-electron chi connectivity index (χ3n) is 3.02. The zero-order valence-corrected chi connectivity index (χ0v) is 13.9. The molecule has 3 nitrogen and oxygen atoms in total. The van der Waals surface area contributed by atoms with Crippen molar-refractivity contribution in [2.75, 3.05) is 13.7 Å². The van der Waals surface area contributed by atoms with Crippen molar-refractivity contribution < 1.29 is 9.47 Å². The average molecular weight is 350 g/mol. The van der Waals surface area contributed by atoms with Crippen LogP contribution in [0.4, 0.5) is 0 Å². The van der Waals surface area contributed by atoms with E-state index in [0.717, 1.165) is 33.6 Å². The molecule has 0 amide bonds. The molecule has 2 rings (SSSR count). The van der Waals surface area contributed by atoms with Crippen molar-refractivity contribution in [3.8, 4) is 11.5 Å². The predicted molar refractivity (Wildman–Crippen MR) is 88.8 cm³/mol. The first-order chi connectivity index (χ1) is 10.2. The summed E-state index contributed by atoms with van der Waals surface area (Å²) in [5.74, 6) is 1.54. The second kappa shape index (κ2) is 8.05. The van der Waals surface area contributed by atoms with Gasteiger partial charge in [0.05, 0.1) is 6.61 Å². The summed E-state index contributed by atoms with van der Waals surface area (Å²) in [5, 5.41) is 3.15. The maximum absolute atomic E-state index is 5.91. The van der Waals surface area contributed by atoms with Crippen LogP contribution in [0.1, 0.15) is 18.1 Å². The van der Waals surface area contributed by atoms with Crippen LogP contribution in [0.25, 0.3) is 0 Å². The van der Waals surface area contributed by atoms with E-state index in [4.69, 9.17) is 9.47 Å². The molecule has 2 aromatic carbocycles. The number of benzene rings is 2. The van der Waals surface area contributed by atoms with Crippen molar-refractivity contribution in [2.24, 2.45) is 0 Å². The Kier molecular flexibility index (Phi) is 6.08. The summed E-state index contributed by atoms with van der Waals surface area (Å²) in [6, 6.07) is 14.1. The highest BCUT2D eigenvalue weighted by atomic mass is 79.9. The van der Waals surface area contributed by atoms with Crippen molar-refractivity contribution >= 4 is 15.9 Å². The molecule has 21 heavy (non-hydrogen) atoms. The lowest BCUT2D eigenvalue weighted by Crippen LogP contribution is -2.07. The summed E-state index contributed by atoms with van der Waals surface area (Å²) in [4.78, 5) is 0. The fraction of sp³-hybridized carbons (Fsp3) is 0.294. The van der Waals surface area contributed by atoms with Gasteiger partial charge in [-0.1, -0.05) is 46.3 Å². The molecule has 0 unspecified atom stereocenters. The topological polar surface area (TPSA) is 30.5 Å². The van der Waals surface area contributed by atoms with Crippen molar-refractivity contribution in [3.63, 3.8) is 0 Å². The minimum Gasteiger partial charge on any atom is -0.490 e. The van der Waals surface area contributed by atoms with Crippen LogP contribution in [0.5, 0.6) is 11.5 Å². The molecule has 112 valence electrons. The Morgan fingerprint density at radius 2 is 1.76 bits per heavy atom. The molecule has 0 aliphatic rings. The van der Waals surface area contributed by atoms with Crippen LogP contribution in [0.2, 0.25) is 0 Å². The highest BCUT2D eigenvalue weighted by Gasteiger charge is 2.10. The van der Waals surface area contributed by atoms with E-state index in [1.165, 1.54) is 0 Å². The van der Waals surface area contributed by atoms with Crippen molar-refractivity contribution in [1.29, 1.82) is 0 Å². The van der Waals surface area contributed by atoms with Crippen LogP contribution in [0.3, 0.4) is 0 Å². The SMILES string of the molecule is CCOc1cc(CNC)c(Br)cc1OCc1ccccc1. The summed E-state index contributed by atoms with van der Waals surface area (Å²) < 4.78 is 12.6. The Hall–Kier alpha value is -1.52. The van der Waals surface area contributed by atoms with E-state index in [2.05, 4.69) is 21.2 Å². The van der Waals surface area contributed by atoms with Gasteiger partial charge in [-0.15, -0.1) is 0 Å². The highest BCUT2D eigenvalue weighted by Crippen LogP contribution is 2.34. The smallest absolute Gasteiger partial charge is 0.162 e. The van der Waals surface area contributed by atoms with Gasteiger partial charge in [0, 0.05) is 11.0 Å². The fourth-order valence-corrected chi connectivity index (χ4v) is 2.48. The van der Waals surface area contributed by atoms with Gasteiger partial charge in [0.15, 0.2) is 11.5 Å². The first-order valence-electron chi connectivity index (χ1n) is 7.01. The minimum absolute atomic E-state index is 0.527. The third-order valence-corrected chi connectivity index (χ3v) is 3.76. The van der Waals surface area contributed by atoms with E-state index < -0.39 is 0 Å². The summed E-state index contributed by atoms with van der Waals surface area (Å²) >= 11 is 3.58. The molecular weight excluding hydrogens is 330 g/mol. The van der Waals surface area contributed by atoms with Crippen LogP contribution in [-0.2, 0) is 13.2 Å². The van der Waals surface area contributed by atoms with Crippen LogP contribution < -0.4 is 14.8 Å². The molecule has 2 aromatic rings. The largest absolute Gasteiger partial charge is 0.490 e. The van der Waals surface area contributed by atoms with E-state index in [0.29, 0.717) is 13.2 Å². The third kappa shape index (κ3) is 4.48. The number of hydrogen-bond acceptors (Lipinski definition) is 3. The van der Waals surface area contributed by atoms with Crippen LogP contribution in [0, 0.1) is 0 Å². The molecule has 0 spiro atoms. The molecule has 0 heterocycles. The number of nitrogens with one attached hydrogen (secondary N) is 1. The zero-order valence-electron chi connectivity index (χ0n) is 12.4. The maximum atomic E-state index is 5.91. The van der Waals surface area contributed by atoms with E-state index in [-0.39, 0.29) is 0 Å². The van der Waals surface area contributed by atoms with Crippen LogP contribution in [0.15, 0.2) is 46.9 Å². The van der Waals surface area contributed by atoms with E-state index in [9.17, 15) is 0 Å². The van der Waals surface area contributed by atoms with Crippen molar-refractivity contribution in [2.45, 2.75) is 20.1 Å². The van der Waals surface area contributed by atoms with Gasteiger partial charge in [0.1, 0.15) is 6.61 Å². The Morgan fingerprint density at radius 3 is 2.43 bits per heavy atom. The Balaban J connectivity index is 2.18. The second-order valence-electron chi connectivity index (χ2n) is 4.63. The lowest BCUT2D eigenvalue weighted by Gasteiger charge is -2.15. The van der Waals surface area contributed by atoms with Crippen LogP contribution in [-0.4, -0.2) is 13.7 Å². The van der Waals surface area contributed by atoms with Crippen LogP contribution >= 0.6 is 15.9 Å². The molecule has 0 aromatic heterocycles. The van der Waals surface area contributed by atoms with Crippen molar-refractivity contribution in [3.05, 3.63) is 58.1 Å². The van der Waals surface area contributed by atoms with Gasteiger partial charge in [-0.05, 0) is 37.2 Å². The number of halogens is 1. The van der Waals surface area contributed by atoms with Gasteiger partial charge < -0.3 is 14.8 Å². The fourth-order valence-electron chi connectivity index (χ4n) is 2.02. The summed E-state index contributed by atoms with van der Waals surface area (Å²) in [6.07, 6.45) is 0. The zero-order chi connectivity index (χ0) is 15.1. The maximum Gasteiger partial charge on any atom is 0.162 e. The average Bonchev–Trinajstić information content (AvgIpc) is 2.50. The Morgan fingerprint density at radius 1 is 1.05 bits per heavy atom. The minimum atomic E-state index is 0.527. The summed E-state index contributed by atoms with van der Waals surface area (Å²) in [6.45, 7) is 3.89. The number of hydrogen-bond donors (Lipinski definition) is 1. The number of ether oxygens (including phenoxy) is 2. The predicted octanol–water partition coefficient (Wildman–Crippen LogP) is 4.15. The lowest BCUT2D eigenvalue weighted by molar-refractivity contribution is 0.269. The lowest BCUT2D eigenvalue weighted by atomic mass is 10.2. The second-order valence-corrected chi connectivity index (χ2v) is 5.48. The van der Waals surface area contributed by atoms with Gasteiger partial charge in [0.25, 0.3) is 0 Å². The van der Waals surface area contributed by atoms with Gasteiger partial charge in [0.2, 0.25) is 0 Å². The molecule has 0 aliphatic heterocycles. The molecule has 0 fully saturated rings. The van der Waals surface area contributed by atoms with Gasteiger partial charge in [-0.3, -0.25) is 0 Å². The molecule has 0 radical (unpaired) electrons. The first-order valence-corrected chi connectivity index (χ1v) is 7.80. The van der Waals surface area contributed by atoms with Gasteiger partial charge in [-0.2, -0.15) is 0 Å². The van der Waals surface area contributed by atoms with Gasteiger partial charge >= 0.3 is 0 Å². The Bertz CT molecular complexity index is 573. The molecule has 0 aliphatic carbocycles. The Labute approximate surface area is 134 Å². The van der Waals surface area contributed by atoms with Gasteiger partial charge in [-0.25, -0.2) is 0 Å². The molecule has 0 bridgehead atoms. The summed E-state index contributed by atoms with van der Waals surface area (Å²) in [5.41, 5.74) is 2.28. The van der Waals surface area contributed by atoms with Crippen molar-refractivity contribution in [1.82, 2.24) is 5.32 Å². The molecule has 0 atom stereocenters. The molecule has 0 saturated heterocycles. The highest BCUT2D eigenvalue weighted by molar-refractivity contribution is 9.10. The first kappa shape index (κ1) is 15.9. The summed E-state index contributed by atoms with van der Waals surface area (Å²) in [7, 11) is 1.92. The molecule has 1 N–H and O–H groups in total.